The largest absolute Gasteiger partial charge is 0.372 e. The van der Waals surface area contributed by atoms with Gasteiger partial charge in [-0.3, -0.25) is 14.4 Å². The Hall–Kier alpha value is -3.19. The summed E-state index contributed by atoms with van der Waals surface area (Å²) in [6, 6.07) is 13.4. The Morgan fingerprint density at radius 2 is 1.78 bits per heavy atom. The molecule has 0 bridgehead atoms. The fourth-order valence-electron chi connectivity index (χ4n) is 4.72. The van der Waals surface area contributed by atoms with Crippen molar-refractivity contribution < 1.29 is 19.1 Å². The Balaban J connectivity index is 1.45. The second kappa shape index (κ2) is 9.12. The number of nitrogens with zero attached hydrogens (tertiary/aromatic N) is 1. The molecule has 32 heavy (non-hydrogen) atoms. The van der Waals surface area contributed by atoms with Gasteiger partial charge in [-0.25, -0.2) is 0 Å². The number of amides is 3. The highest BCUT2D eigenvalue weighted by atomic mass is 16.5. The number of rotatable bonds is 6. The van der Waals surface area contributed by atoms with Gasteiger partial charge < -0.3 is 20.3 Å². The van der Waals surface area contributed by atoms with Crippen LogP contribution in [0.25, 0.3) is 0 Å². The van der Waals surface area contributed by atoms with Crippen molar-refractivity contribution in [3.63, 3.8) is 0 Å². The molecule has 0 spiro atoms. The minimum Gasteiger partial charge on any atom is -0.372 e. The van der Waals surface area contributed by atoms with Crippen molar-refractivity contribution in [1.29, 1.82) is 0 Å². The van der Waals surface area contributed by atoms with E-state index in [0.29, 0.717) is 24.9 Å². The number of aryl methyl sites for hydroxylation is 2. The second-order valence-electron chi connectivity index (χ2n) is 8.35. The molecule has 0 radical (unpaired) electrons. The molecule has 0 aliphatic carbocycles. The molecule has 1 atom stereocenters. The van der Waals surface area contributed by atoms with Gasteiger partial charge in [-0.05, 0) is 54.5 Å². The van der Waals surface area contributed by atoms with Crippen LogP contribution in [0.5, 0.6) is 0 Å². The van der Waals surface area contributed by atoms with Crippen LogP contribution in [0.3, 0.4) is 0 Å². The van der Waals surface area contributed by atoms with Crippen LogP contribution in [0, 0.1) is 0 Å². The zero-order valence-corrected chi connectivity index (χ0v) is 18.6. The minimum absolute atomic E-state index is 0.158. The SMILES string of the molecule is CC[C@](CNC(=O)C(=O)Nc1cc2c3c(c1)CCC(=O)N3CCC2)(OC)c1ccccc1. The highest BCUT2D eigenvalue weighted by molar-refractivity contribution is 6.39. The maximum atomic E-state index is 12.6. The van der Waals surface area contributed by atoms with Crippen LogP contribution in [-0.2, 0) is 37.6 Å². The molecule has 3 amide bonds. The second-order valence-corrected chi connectivity index (χ2v) is 8.35. The number of methoxy groups -OCH3 is 1. The maximum absolute atomic E-state index is 12.6. The van der Waals surface area contributed by atoms with Crippen LogP contribution >= 0.6 is 0 Å². The summed E-state index contributed by atoms with van der Waals surface area (Å²) in [6.45, 7) is 2.91. The van der Waals surface area contributed by atoms with Crippen molar-refractivity contribution in [3.05, 3.63) is 59.2 Å². The molecule has 0 saturated heterocycles. The van der Waals surface area contributed by atoms with Gasteiger partial charge in [0.1, 0.15) is 5.60 Å². The summed E-state index contributed by atoms with van der Waals surface area (Å²) in [5, 5.41) is 5.46. The topological polar surface area (TPSA) is 87.7 Å². The normalized spacial score (nSPS) is 16.7. The van der Waals surface area contributed by atoms with Crippen LogP contribution in [0.15, 0.2) is 42.5 Å². The lowest BCUT2D eigenvalue weighted by Gasteiger charge is -2.35. The Morgan fingerprint density at radius 1 is 1.06 bits per heavy atom. The number of ether oxygens (including phenoxy) is 1. The standard InChI is InChI=1S/C25H29N3O4/c1-3-25(32-2,19-9-5-4-6-10-19)16-26-23(30)24(31)27-20-14-17-8-7-13-28-21(29)12-11-18(15-20)22(17)28/h4-6,9-10,14-15H,3,7-8,11-13,16H2,1-2H3,(H,26,30)(H,27,31)/t25-/m1/s1. The molecule has 0 fully saturated rings. The zero-order chi connectivity index (χ0) is 22.7. The third kappa shape index (κ3) is 4.12. The van der Waals surface area contributed by atoms with E-state index in [2.05, 4.69) is 10.6 Å². The molecule has 0 aromatic heterocycles. The van der Waals surface area contributed by atoms with E-state index in [9.17, 15) is 14.4 Å². The van der Waals surface area contributed by atoms with Crippen molar-refractivity contribution in [2.75, 3.05) is 30.4 Å². The van der Waals surface area contributed by atoms with E-state index < -0.39 is 17.4 Å². The molecule has 7 heteroatoms. The summed E-state index contributed by atoms with van der Waals surface area (Å²) >= 11 is 0. The molecule has 7 nitrogen and oxygen atoms in total. The van der Waals surface area contributed by atoms with Crippen molar-refractivity contribution in [3.8, 4) is 0 Å². The first kappa shape index (κ1) is 22.0. The lowest BCUT2D eigenvalue weighted by atomic mass is 9.90. The molecule has 2 N–H and O–H groups in total. The fraction of sp³-hybridized carbons (Fsp3) is 0.400. The average molecular weight is 436 g/mol. The summed E-state index contributed by atoms with van der Waals surface area (Å²) in [4.78, 5) is 39.3. The number of anilines is 2. The van der Waals surface area contributed by atoms with Crippen LogP contribution in [0.2, 0.25) is 0 Å². The third-order valence-corrected chi connectivity index (χ3v) is 6.54. The van der Waals surface area contributed by atoms with Gasteiger partial charge in [0, 0.05) is 25.8 Å². The van der Waals surface area contributed by atoms with Gasteiger partial charge in [-0.15, -0.1) is 0 Å². The lowest BCUT2D eigenvalue weighted by molar-refractivity contribution is -0.137. The van der Waals surface area contributed by atoms with E-state index in [1.807, 2.05) is 54.3 Å². The number of hydrogen-bond acceptors (Lipinski definition) is 4. The van der Waals surface area contributed by atoms with Gasteiger partial charge in [0.25, 0.3) is 0 Å². The van der Waals surface area contributed by atoms with E-state index in [0.717, 1.165) is 41.8 Å². The lowest BCUT2D eigenvalue weighted by Crippen LogP contribution is -2.45. The molecule has 2 heterocycles. The highest BCUT2D eigenvalue weighted by Crippen LogP contribution is 2.37. The number of benzene rings is 2. The summed E-state index contributed by atoms with van der Waals surface area (Å²) in [5.41, 5.74) is 3.91. The van der Waals surface area contributed by atoms with Crippen molar-refractivity contribution in [1.82, 2.24) is 5.32 Å². The van der Waals surface area contributed by atoms with Gasteiger partial charge in [0.05, 0.1) is 12.2 Å². The number of nitrogens with one attached hydrogen (secondary N) is 2. The Morgan fingerprint density at radius 3 is 2.47 bits per heavy atom. The van der Waals surface area contributed by atoms with Crippen LogP contribution in [0.4, 0.5) is 11.4 Å². The molecule has 0 unspecified atom stereocenters. The first-order valence-corrected chi connectivity index (χ1v) is 11.1. The predicted octanol–water partition coefficient (Wildman–Crippen LogP) is 2.92. The van der Waals surface area contributed by atoms with Crippen molar-refractivity contribution >= 4 is 29.1 Å². The van der Waals surface area contributed by atoms with E-state index in [1.165, 1.54) is 0 Å². The van der Waals surface area contributed by atoms with Crippen LogP contribution in [-0.4, -0.2) is 37.9 Å². The Bertz CT molecular complexity index is 1010. The van der Waals surface area contributed by atoms with Gasteiger partial charge >= 0.3 is 11.8 Å². The molecule has 168 valence electrons. The number of hydrogen-bond donors (Lipinski definition) is 2. The third-order valence-electron chi connectivity index (χ3n) is 6.54. The van der Waals surface area contributed by atoms with E-state index in [4.69, 9.17) is 4.74 Å². The van der Waals surface area contributed by atoms with Crippen molar-refractivity contribution in [2.24, 2.45) is 0 Å². The Kier molecular flexibility index (Phi) is 6.28. The summed E-state index contributed by atoms with van der Waals surface area (Å²) in [6.07, 6.45) is 3.51. The van der Waals surface area contributed by atoms with Crippen molar-refractivity contribution in [2.45, 2.75) is 44.6 Å². The molecule has 2 aromatic carbocycles. The molecular formula is C25H29N3O4. The zero-order valence-electron chi connectivity index (χ0n) is 18.6. The molecule has 4 rings (SSSR count). The van der Waals surface area contributed by atoms with E-state index >= 15 is 0 Å². The maximum Gasteiger partial charge on any atom is 0.313 e. The minimum atomic E-state index is -0.717. The van der Waals surface area contributed by atoms with Gasteiger partial charge in [0.15, 0.2) is 0 Å². The smallest absolute Gasteiger partial charge is 0.313 e. The Labute approximate surface area is 188 Å². The van der Waals surface area contributed by atoms with Gasteiger partial charge in [-0.2, -0.15) is 0 Å². The molecule has 0 saturated carbocycles. The number of carbonyl (C=O) groups excluding carboxylic acids is 3. The highest BCUT2D eigenvalue weighted by Gasteiger charge is 2.32. The average Bonchev–Trinajstić information content (AvgIpc) is 2.83. The first-order valence-electron chi connectivity index (χ1n) is 11.1. The molecular weight excluding hydrogens is 406 g/mol. The first-order chi connectivity index (χ1) is 15.5. The monoisotopic (exact) mass is 435 g/mol. The quantitative estimate of drug-likeness (QED) is 0.683. The van der Waals surface area contributed by atoms with Crippen LogP contribution in [0.1, 0.15) is 42.9 Å². The summed E-state index contributed by atoms with van der Waals surface area (Å²) in [5.74, 6) is -1.27. The van der Waals surface area contributed by atoms with E-state index in [-0.39, 0.29) is 12.5 Å². The molecule has 2 aromatic rings. The fourth-order valence-corrected chi connectivity index (χ4v) is 4.72. The summed E-state index contributed by atoms with van der Waals surface area (Å²) in [7, 11) is 1.61. The molecule has 2 aliphatic heterocycles. The summed E-state index contributed by atoms with van der Waals surface area (Å²) < 4.78 is 5.76. The predicted molar refractivity (Wildman–Crippen MR) is 122 cm³/mol. The molecule has 2 aliphatic rings. The number of carbonyl (C=O) groups is 3. The van der Waals surface area contributed by atoms with Gasteiger partial charge in [0.2, 0.25) is 5.91 Å². The van der Waals surface area contributed by atoms with Crippen LogP contribution < -0.4 is 15.5 Å². The van der Waals surface area contributed by atoms with Gasteiger partial charge in [-0.1, -0.05) is 37.3 Å². The van der Waals surface area contributed by atoms with E-state index in [1.54, 1.807) is 7.11 Å².